The van der Waals surface area contributed by atoms with E-state index in [-0.39, 0.29) is 24.4 Å². The molecule has 8 nitrogen and oxygen atoms in total. The summed E-state index contributed by atoms with van der Waals surface area (Å²) in [5, 5.41) is 9.05. The highest BCUT2D eigenvalue weighted by atomic mass is 16.7. The van der Waals surface area contributed by atoms with Crippen molar-refractivity contribution in [2.24, 2.45) is 0 Å². The normalized spacial score (nSPS) is 23.6. The fourth-order valence-corrected chi connectivity index (χ4v) is 5.43. The van der Waals surface area contributed by atoms with Crippen LogP contribution in [0.3, 0.4) is 0 Å². The molecule has 2 fully saturated rings. The van der Waals surface area contributed by atoms with Crippen LogP contribution in [0, 0.1) is 0 Å². The number of ether oxygens (including phenoxy) is 3. The summed E-state index contributed by atoms with van der Waals surface area (Å²) in [5.74, 6) is -0.185. The van der Waals surface area contributed by atoms with Crippen LogP contribution in [0.15, 0.2) is 36.1 Å². The maximum atomic E-state index is 13.5. The highest BCUT2D eigenvalue weighted by Gasteiger charge is 2.33. The topological polar surface area (TPSA) is 88.5 Å². The van der Waals surface area contributed by atoms with Crippen molar-refractivity contribution < 1.29 is 28.9 Å². The van der Waals surface area contributed by atoms with E-state index in [4.69, 9.17) is 19.3 Å². The molecule has 198 valence electrons. The first-order valence-electron chi connectivity index (χ1n) is 13.4. The molecule has 0 aliphatic carbocycles. The molecule has 36 heavy (non-hydrogen) atoms. The summed E-state index contributed by atoms with van der Waals surface area (Å²) >= 11 is 0. The van der Waals surface area contributed by atoms with Gasteiger partial charge in [-0.1, -0.05) is 18.6 Å². The van der Waals surface area contributed by atoms with Gasteiger partial charge in [0.25, 0.3) is 5.91 Å². The molecular weight excluding hydrogens is 460 g/mol. The van der Waals surface area contributed by atoms with Crippen molar-refractivity contribution in [3.05, 3.63) is 47.2 Å². The fourth-order valence-electron chi connectivity index (χ4n) is 5.43. The van der Waals surface area contributed by atoms with Crippen LogP contribution in [0.1, 0.15) is 73.2 Å². The first kappa shape index (κ1) is 26.6. The number of hydrogen-bond acceptors (Lipinski definition) is 7. The maximum Gasteiger partial charge on any atom is 0.337 e. The van der Waals surface area contributed by atoms with Gasteiger partial charge in [-0.3, -0.25) is 4.79 Å². The Hall–Kier alpha value is -2.42. The number of carbonyl (C=O) groups is 2. The van der Waals surface area contributed by atoms with Crippen LogP contribution in [0.2, 0.25) is 0 Å². The highest BCUT2D eigenvalue weighted by Crippen LogP contribution is 2.33. The van der Waals surface area contributed by atoms with E-state index in [1.807, 2.05) is 23.1 Å². The van der Waals surface area contributed by atoms with E-state index >= 15 is 0 Å². The number of aliphatic hydroxyl groups excluding tert-OH is 1. The Bertz CT molecular complexity index is 888. The summed E-state index contributed by atoms with van der Waals surface area (Å²) < 4.78 is 16.8. The van der Waals surface area contributed by atoms with Crippen molar-refractivity contribution in [1.29, 1.82) is 0 Å². The Labute approximate surface area is 214 Å². The molecule has 1 N–H and O–H groups in total. The second-order valence-corrected chi connectivity index (χ2v) is 9.96. The zero-order valence-electron chi connectivity index (χ0n) is 21.4. The van der Waals surface area contributed by atoms with Gasteiger partial charge in [0.2, 0.25) is 6.29 Å². The van der Waals surface area contributed by atoms with E-state index in [1.54, 1.807) is 12.1 Å². The third kappa shape index (κ3) is 6.87. The molecule has 4 rings (SSSR count). The Balaban J connectivity index is 1.43. The number of hydrogen-bond donors (Lipinski definition) is 1. The number of aliphatic hydroxyl groups is 1. The lowest BCUT2D eigenvalue weighted by Crippen LogP contribution is -2.49. The van der Waals surface area contributed by atoms with Crippen molar-refractivity contribution >= 4 is 11.9 Å². The lowest BCUT2D eigenvalue weighted by Gasteiger charge is -2.40. The first-order valence-corrected chi connectivity index (χ1v) is 13.4. The number of carbonyl (C=O) groups excluding carboxylic acids is 2. The lowest BCUT2D eigenvalue weighted by atomic mass is 9.92. The van der Waals surface area contributed by atoms with Crippen molar-refractivity contribution in [1.82, 2.24) is 9.80 Å². The molecule has 0 radical (unpaired) electrons. The molecule has 3 heterocycles. The van der Waals surface area contributed by atoms with Crippen molar-refractivity contribution in [2.75, 3.05) is 46.5 Å². The van der Waals surface area contributed by atoms with Gasteiger partial charge in [0, 0.05) is 38.1 Å². The minimum atomic E-state index is -0.538. The molecule has 8 heteroatoms. The van der Waals surface area contributed by atoms with Gasteiger partial charge in [0.05, 0.1) is 19.3 Å². The Morgan fingerprint density at radius 2 is 1.75 bits per heavy atom. The van der Waals surface area contributed by atoms with Gasteiger partial charge >= 0.3 is 5.97 Å². The molecule has 3 aliphatic heterocycles. The smallest absolute Gasteiger partial charge is 0.337 e. The number of piperidine rings is 2. The number of nitrogens with zero attached hydrogens (tertiary/aromatic N) is 2. The summed E-state index contributed by atoms with van der Waals surface area (Å²) in [6.07, 6.45) is 9.22. The standard InChI is InChI=1S/C28H40N2O6/c1-34-28(33)22-9-7-21(8-10-22)23-19-25(36-26(20-23)35-18-6-5-17-31)27(32)30-15-11-24(12-16-30)29-13-3-2-4-14-29/h7-10,19,23-24,26,31H,2-6,11-18,20H2,1H3/t23-,26+/m1/s1. The van der Waals surface area contributed by atoms with E-state index in [2.05, 4.69) is 4.90 Å². The second kappa shape index (κ2) is 13.2. The minimum Gasteiger partial charge on any atom is -0.465 e. The number of unbranched alkanes of at least 4 members (excludes halogenated alkanes) is 1. The molecule has 2 atom stereocenters. The minimum absolute atomic E-state index is 0.0712. The maximum absolute atomic E-state index is 13.5. The molecule has 0 saturated carbocycles. The summed E-state index contributed by atoms with van der Waals surface area (Å²) in [7, 11) is 1.36. The molecule has 2 saturated heterocycles. The molecule has 1 aromatic rings. The van der Waals surface area contributed by atoms with Crippen molar-refractivity contribution in [3.63, 3.8) is 0 Å². The van der Waals surface area contributed by atoms with Gasteiger partial charge in [0.15, 0.2) is 5.76 Å². The van der Waals surface area contributed by atoms with Gasteiger partial charge < -0.3 is 29.1 Å². The molecule has 1 aromatic carbocycles. The Morgan fingerprint density at radius 3 is 2.42 bits per heavy atom. The highest BCUT2D eigenvalue weighted by molar-refractivity contribution is 5.92. The van der Waals surface area contributed by atoms with Crippen LogP contribution in [-0.4, -0.2) is 85.6 Å². The predicted octanol–water partition coefficient (Wildman–Crippen LogP) is 3.45. The Kier molecular flexibility index (Phi) is 9.78. The predicted molar refractivity (Wildman–Crippen MR) is 135 cm³/mol. The number of methoxy groups -OCH3 is 1. The van der Waals surface area contributed by atoms with Crippen molar-refractivity contribution in [3.8, 4) is 0 Å². The summed E-state index contributed by atoms with van der Waals surface area (Å²) in [6, 6.07) is 7.85. The third-order valence-corrected chi connectivity index (χ3v) is 7.54. The van der Waals surface area contributed by atoms with Gasteiger partial charge in [-0.05, 0) is 75.4 Å². The number of rotatable bonds is 9. The van der Waals surface area contributed by atoms with Crippen LogP contribution >= 0.6 is 0 Å². The third-order valence-electron chi connectivity index (χ3n) is 7.54. The van der Waals surface area contributed by atoms with Crippen molar-refractivity contribution in [2.45, 2.75) is 69.6 Å². The van der Waals surface area contributed by atoms with E-state index in [0.29, 0.717) is 36.8 Å². The number of amides is 1. The van der Waals surface area contributed by atoms with Crippen LogP contribution in [0.5, 0.6) is 0 Å². The molecule has 0 aromatic heterocycles. The molecule has 0 bridgehead atoms. The number of benzene rings is 1. The summed E-state index contributed by atoms with van der Waals surface area (Å²) in [5.41, 5.74) is 1.48. The van der Waals surface area contributed by atoms with E-state index in [0.717, 1.165) is 37.9 Å². The van der Waals surface area contributed by atoms with Crippen LogP contribution < -0.4 is 0 Å². The molecule has 0 unspecified atom stereocenters. The average Bonchev–Trinajstić information content (AvgIpc) is 2.95. The fraction of sp³-hybridized carbons (Fsp3) is 0.643. The van der Waals surface area contributed by atoms with E-state index in [9.17, 15) is 9.59 Å². The number of likely N-dealkylation sites (tertiary alicyclic amines) is 2. The van der Waals surface area contributed by atoms with Gasteiger partial charge in [-0.2, -0.15) is 0 Å². The SMILES string of the molecule is COC(=O)c1ccc([C@@H]2C=C(C(=O)N3CCC(N4CCCCC4)CC3)O[C@H](OCCCCO)C2)cc1. The molecule has 3 aliphatic rings. The average molecular weight is 501 g/mol. The van der Waals surface area contributed by atoms with Crippen LogP contribution in [-0.2, 0) is 19.0 Å². The van der Waals surface area contributed by atoms with E-state index < -0.39 is 6.29 Å². The second-order valence-electron chi connectivity index (χ2n) is 9.96. The number of allylic oxidation sites excluding steroid dienone is 1. The number of esters is 1. The summed E-state index contributed by atoms with van der Waals surface area (Å²) in [6.45, 7) is 4.42. The molecule has 1 amide bonds. The van der Waals surface area contributed by atoms with Crippen LogP contribution in [0.4, 0.5) is 0 Å². The first-order chi connectivity index (χ1) is 17.6. The van der Waals surface area contributed by atoms with E-state index in [1.165, 1.54) is 39.5 Å². The lowest BCUT2D eigenvalue weighted by molar-refractivity contribution is -0.153. The molecular formula is C28H40N2O6. The quantitative estimate of drug-likeness (QED) is 0.410. The summed E-state index contributed by atoms with van der Waals surface area (Å²) in [4.78, 5) is 29.8. The molecule has 0 spiro atoms. The van der Waals surface area contributed by atoms with Gasteiger partial charge in [-0.25, -0.2) is 4.79 Å². The van der Waals surface area contributed by atoms with Crippen LogP contribution in [0.25, 0.3) is 0 Å². The van der Waals surface area contributed by atoms with Gasteiger partial charge in [0.1, 0.15) is 0 Å². The zero-order valence-corrected chi connectivity index (χ0v) is 21.4. The Morgan fingerprint density at radius 1 is 1.03 bits per heavy atom. The van der Waals surface area contributed by atoms with Gasteiger partial charge in [-0.15, -0.1) is 0 Å². The monoisotopic (exact) mass is 500 g/mol. The zero-order chi connectivity index (χ0) is 25.3. The largest absolute Gasteiger partial charge is 0.465 e.